The third-order valence-corrected chi connectivity index (χ3v) is 4.29. The summed E-state index contributed by atoms with van der Waals surface area (Å²) in [4.78, 5) is 29.0. The molecule has 1 heterocycles. The van der Waals surface area contributed by atoms with E-state index in [0.29, 0.717) is 42.8 Å². The van der Waals surface area contributed by atoms with E-state index in [1.807, 2.05) is 6.92 Å². The Hall–Kier alpha value is -3.40. The van der Waals surface area contributed by atoms with Crippen molar-refractivity contribution in [2.45, 2.75) is 33.2 Å². The van der Waals surface area contributed by atoms with Crippen LogP contribution < -0.4 is 26.8 Å². The fraction of sp³-hybridized carbons (Fsp3) is 0.400. The molecule has 0 atom stereocenters. The Labute approximate surface area is 175 Å². The van der Waals surface area contributed by atoms with Crippen LogP contribution in [0.25, 0.3) is 11.0 Å². The summed E-state index contributed by atoms with van der Waals surface area (Å²) in [6.07, 6.45) is 2.93. The van der Waals surface area contributed by atoms with E-state index in [2.05, 4.69) is 15.6 Å². The number of hydrogen-bond acceptors (Lipinski definition) is 7. The maximum atomic E-state index is 12.9. The van der Waals surface area contributed by atoms with Crippen molar-refractivity contribution in [1.82, 2.24) is 14.9 Å². The molecule has 10 nitrogen and oxygen atoms in total. The van der Waals surface area contributed by atoms with Crippen LogP contribution >= 0.6 is 0 Å². The number of nitrogens with two attached hydrogens (primary N) is 2. The van der Waals surface area contributed by atoms with E-state index in [4.69, 9.17) is 21.6 Å². The van der Waals surface area contributed by atoms with Crippen LogP contribution in [0.3, 0.4) is 0 Å². The molecule has 0 aliphatic carbocycles. The number of hydrogen-bond donors (Lipinski definition) is 5. The van der Waals surface area contributed by atoms with Crippen molar-refractivity contribution in [3.63, 3.8) is 0 Å². The highest BCUT2D eigenvalue weighted by Gasteiger charge is 2.20. The zero-order chi connectivity index (χ0) is 22.3. The van der Waals surface area contributed by atoms with Crippen molar-refractivity contribution in [3.05, 3.63) is 29.5 Å². The average Bonchev–Trinajstić information content (AvgIpc) is 3.05. The van der Waals surface area contributed by atoms with Gasteiger partial charge in [0.1, 0.15) is 17.0 Å². The van der Waals surface area contributed by atoms with E-state index < -0.39 is 11.8 Å². The SMILES string of the molecule is CCCN/C(=C\C(C)=N)C(=O)Nc1nc2cc(C(N)=O)cc(OC)c2n1CCCN. The van der Waals surface area contributed by atoms with Crippen LogP contribution in [0.2, 0.25) is 0 Å². The average molecular weight is 415 g/mol. The van der Waals surface area contributed by atoms with E-state index in [1.165, 1.54) is 13.2 Å². The van der Waals surface area contributed by atoms with Crippen molar-refractivity contribution in [2.75, 3.05) is 25.5 Å². The molecule has 0 radical (unpaired) electrons. The second-order valence-electron chi connectivity index (χ2n) is 6.76. The van der Waals surface area contributed by atoms with Gasteiger partial charge < -0.3 is 31.5 Å². The molecule has 0 fully saturated rings. The van der Waals surface area contributed by atoms with Crippen LogP contribution in [0.1, 0.15) is 37.0 Å². The highest BCUT2D eigenvalue weighted by Crippen LogP contribution is 2.31. The van der Waals surface area contributed by atoms with Gasteiger partial charge >= 0.3 is 0 Å². The molecule has 0 unspecified atom stereocenters. The third-order valence-electron chi connectivity index (χ3n) is 4.29. The number of methoxy groups -OCH3 is 1. The summed E-state index contributed by atoms with van der Waals surface area (Å²) >= 11 is 0. The van der Waals surface area contributed by atoms with Gasteiger partial charge in [-0.2, -0.15) is 0 Å². The molecule has 2 rings (SSSR count). The first kappa shape index (κ1) is 22.9. The van der Waals surface area contributed by atoms with Gasteiger partial charge in [0.25, 0.3) is 5.91 Å². The minimum atomic E-state index is -0.604. The summed E-state index contributed by atoms with van der Waals surface area (Å²) in [6, 6.07) is 3.10. The Morgan fingerprint density at radius 3 is 2.67 bits per heavy atom. The third kappa shape index (κ3) is 5.35. The first-order valence-electron chi connectivity index (χ1n) is 9.72. The second-order valence-corrected chi connectivity index (χ2v) is 6.76. The second kappa shape index (κ2) is 10.4. The molecular weight excluding hydrogens is 386 g/mol. The lowest BCUT2D eigenvalue weighted by molar-refractivity contribution is -0.113. The highest BCUT2D eigenvalue weighted by molar-refractivity contribution is 6.08. The molecule has 0 aliphatic heterocycles. The zero-order valence-electron chi connectivity index (χ0n) is 17.5. The number of fused-ring (bicyclic) bond motifs is 1. The zero-order valence-corrected chi connectivity index (χ0v) is 17.5. The predicted molar refractivity (Wildman–Crippen MR) is 117 cm³/mol. The number of primary amides is 1. The van der Waals surface area contributed by atoms with E-state index in [9.17, 15) is 9.59 Å². The number of anilines is 1. The monoisotopic (exact) mass is 415 g/mol. The largest absolute Gasteiger partial charge is 0.494 e. The fourth-order valence-corrected chi connectivity index (χ4v) is 2.93. The van der Waals surface area contributed by atoms with Gasteiger partial charge in [0.2, 0.25) is 11.9 Å². The smallest absolute Gasteiger partial charge is 0.274 e. The molecule has 2 amide bonds. The van der Waals surface area contributed by atoms with Crippen molar-refractivity contribution >= 4 is 34.5 Å². The number of carbonyl (C=O) groups is 2. The summed E-state index contributed by atoms with van der Waals surface area (Å²) < 4.78 is 7.24. The molecule has 0 aliphatic rings. The summed E-state index contributed by atoms with van der Waals surface area (Å²) in [7, 11) is 1.49. The number of aromatic nitrogens is 2. The Morgan fingerprint density at radius 2 is 2.10 bits per heavy atom. The molecule has 1 aromatic carbocycles. The van der Waals surface area contributed by atoms with Gasteiger partial charge in [0.15, 0.2) is 0 Å². The Balaban J connectivity index is 2.54. The van der Waals surface area contributed by atoms with E-state index in [0.717, 1.165) is 6.42 Å². The van der Waals surface area contributed by atoms with Crippen LogP contribution in [0, 0.1) is 5.41 Å². The van der Waals surface area contributed by atoms with Crippen LogP contribution in [0.5, 0.6) is 5.75 Å². The molecule has 10 heteroatoms. The number of allylic oxidation sites excluding steroid dienone is 1. The number of rotatable bonds is 11. The molecule has 0 saturated heterocycles. The first-order valence-corrected chi connectivity index (χ1v) is 9.72. The maximum absolute atomic E-state index is 12.9. The Bertz CT molecular complexity index is 978. The number of amides is 2. The quantitative estimate of drug-likeness (QED) is 0.275. The Kier molecular flexibility index (Phi) is 7.93. The molecule has 30 heavy (non-hydrogen) atoms. The molecular formula is C20H29N7O3. The van der Waals surface area contributed by atoms with Gasteiger partial charge in [-0.1, -0.05) is 6.92 Å². The number of carbonyl (C=O) groups excluding carboxylic acids is 2. The molecule has 0 bridgehead atoms. The van der Waals surface area contributed by atoms with Gasteiger partial charge in [-0.25, -0.2) is 4.98 Å². The van der Waals surface area contributed by atoms with Gasteiger partial charge in [0, 0.05) is 24.4 Å². The minimum Gasteiger partial charge on any atom is -0.494 e. The number of ether oxygens (including phenoxy) is 1. The number of benzene rings is 1. The number of nitrogens with zero attached hydrogens (tertiary/aromatic N) is 2. The van der Waals surface area contributed by atoms with Crippen LogP contribution in [0.4, 0.5) is 5.95 Å². The van der Waals surface area contributed by atoms with E-state index in [1.54, 1.807) is 23.6 Å². The van der Waals surface area contributed by atoms with Gasteiger partial charge in [0.05, 0.1) is 12.6 Å². The summed E-state index contributed by atoms with van der Waals surface area (Å²) in [6.45, 7) is 5.10. The van der Waals surface area contributed by atoms with E-state index >= 15 is 0 Å². The molecule has 0 saturated carbocycles. The molecule has 0 spiro atoms. The standard InChI is InChI=1S/C20H29N7O3/c1-4-7-24-15(9-12(2)22)19(29)26-20-25-14-10-13(18(23)28)11-16(30-3)17(14)27(20)8-5-6-21/h9-11,22,24H,4-8,21H2,1-3H3,(H2,23,28)(H,25,26,29)/b15-9-,22-12?. The predicted octanol–water partition coefficient (Wildman–Crippen LogP) is 1.35. The van der Waals surface area contributed by atoms with Gasteiger partial charge in [-0.15, -0.1) is 0 Å². The maximum Gasteiger partial charge on any atom is 0.274 e. The number of nitrogens with one attached hydrogen (secondary N) is 3. The topological polar surface area (TPSA) is 161 Å². The molecule has 162 valence electrons. The Morgan fingerprint density at radius 1 is 1.37 bits per heavy atom. The van der Waals surface area contributed by atoms with Crippen LogP contribution in [0.15, 0.2) is 23.9 Å². The van der Waals surface area contributed by atoms with Crippen molar-refractivity contribution in [2.24, 2.45) is 11.5 Å². The van der Waals surface area contributed by atoms with Crippen molar-refractivity contribution in [1.29, 1.82) is 5.41 Å². The van der Waals surface area contributed by atoms with Crippen LogP contribution in [-0.4, -0.2) is 47.3 Å². The van der Waals surface area contributed by atoms with Crippen LogP contribution in [-0.2, 0) is 11.3 Å². The highest BCUT2D eigenvalue weighted by atomic mass is 16.5. The van der Waals surface area contributed by atoms with E-state index in [-0.39, 0.29) is 22.9 Å². The van der Waals surface area contributed by atoms with Gasteiger partial charge in [-0.3, -0.25) is 14.9 Å². The fourth-order valence-electron chi connectivity index (χ4n) is 2.93. The first-order chi connectivity index (χ1) is 14.3. The molecule has 7 N–H and O–H groups in total. The molecule has 2 aromatic rings. The molecule has 1 aromatic heterocycles. The minimum absolute atomic E-state index is 0.244. The van der Waals surface area contributed by atoms with Crippen molar-refractivity contribution in [3.8, 4) is 5.75 Å². The lowest BCUT2D eigenvalue weighted by Crippen LogP contribution is -2.28. The number of imidazole rings is 1. The normalized spacial score (nSPS) is 11.4. The number of aryl methyl sites for hydroxylation is 1. The summed E-state index contributed by atoms with van der Waals surface area (Å²) in [5.74, 6) is -0.321. The summed E-state index contributed by atoms with van der Waals surface area (Å²) in [5.41, 5.74) is 13.0. The van der Waals surface area contributed by atoms with Gasteiger partial charge in [-0.05, 0) is 44.5 Å². The lowest BCUT2D eigenvalue weighted by atomic mass is 10.1. The lowest BCUT2D eigenvalue weighted by Gasteiger charge is -2.13. The summed E-state index contributed by atoms with van der Waals surface area (Å²) in [5, 5.41) is 13.5. The van der Waals surface area contributed by atoms with Crippen molar-refractivity contribution < 1.29 is 14.3 Å².